The molecule has 1 aromatic rings. The maximum absolute atomic E-state index is 12.4. The highest BCUT2D eigenvalue weighted by Gasteiger charge is 2.31. The van der Waals surface area contributed by atoms with Crippen LogP contribution in [0.25, 0.3) is 0 Å². The lowest BCUT2D eigenvalue weighted by Gasteiger charge is -2.14. The van der Waals surface area contributed by atoms with E-state index in [1.807, 2.05) is 0 Å². The van der Waals surface area contributed by atoms with Gasteiger partial charge in [-0.25, -0.2) is 17.9 Å². The molecule has 0 radical (unpaired) electrons. The molecule has 0 aromatic heterocycles. The summed E-state index contributed by atoms with van der Waals surface area (Å²) < 4.78 is 32.1. The van der Waals surface area contributed by atoms with Gasteiger partial charge < -0.3 is 15.6 Å². The van der Waals surface area contributed by atoms with Gasteiger partial charge in [0.25, 0.3) is 0 Å². The zero-order valence-electron chi connectivity index (χ0n) is 12.5. The number of carboxylic acid groups (broad SMARTS) is 1. The Labute approximate surface area is 133 Å². The fraction of sp³-hybridized carbons (Fsp3) is 0.429. The highest BCUT2D eigenvalue weighted by atomic mass is 32.2. The maximum Gasteiger partial charge on any atom is 0.339 e. The van der Waals surface area contributed by atoms with Gasteiger partial charge in [-0.05, 0) is 37.5 Å². The van der Waals surface area contributed by atoms with E-state index in [9.17, 15) is 18.0 Å². The molecule has 1 saturated carbocycles. The SMILES string of the molecule is COc1ccc(S(=O)(=O)N[C@@H]2CC[C@H](C(N)=O)C2)cc1C(=O)O. The summed E-state index contributed by atoms with van der Waals surface area (Å²) in [5.41, 5.74) is 4.99. The van der Waals surface area contributed by atoms with Gasteiger partial charge in [-0.3, -0.25) is 4.79 Å². The monoisotopic (exact) mass is 342 g/mol. The molecule has 1 aromatic carbocycles. The van der Waals surface area contributed by atoms with E-state index in [1.165, 1.54) is 19.2 Å². The Bertz CT molecular complexity index is 731. The molecule has 0 spiro atoms. The van der Waals surface area contributed by atoms with Crippen LogP contribution in [0, 0.1) is 5.92 Å². The Morgan fingerprint density at radius 3 is 2.57 bits per heavy atom. The van der Waals surface area contributed by atoms with Crippen LogP contribution >= 0.6 is 0 Å². The number of aromatic carboxylic acids is 1. The highest BCUT2D eigenvalue weighted by molar-refractivity contribution is 7.89. The molecule has 0 aliphatic heterocycles. The summed E-state index contributed by atoms with van der Waals surface area (Å²) in [4.78, 5) is 22.1. The first-order chi connectivity index (χ1) is 10.7. The molecule has 0 bridgehead atoms. The highest BCUT2D eigenvalue weighted by Crippen LogP contribution is 2.27. The van der Waals surface area contributed by atoms with Crippen molar-refractivity contribution in [3.05, 3.63) is 23.8 Å². The van der Waals surface area contributed by atoms with Crippen molar-refractivity contribution in [3.8, 4) is 5.75 Å². The van der Waals surface area contributed by atoms with Crippen LogP contribution in [0.1, 0.15) is 29.6 Å². The van der Waals surface area contributed by atoms with Crippen LogP contribution in [0.2, 0.25) is 0 Å². The number of hydrogen-bond acceptors (Lipinski definition) is 5. The van der Waals surface area contributed by atoms with E-state index in [-0.39, 0.29) is 22.1 Å². The average molecular weight is 342 g/mol. The Kier molecular flexibility index (Phi) is 4.90. The van der Waals surface area contributed by atoms with Gasteiger partial charge in [0, 0.05) is 12.0 Å². The number of rotatable bonds is 6. The third kappa shape index (κ3) is 3.80. The third-order valence-corrected chi connectivity index (χ3v) is 5.39. The zero-order chi connectivity index (χ0) is 17.2. The van der Waals surface area contributed by atoms with Crippen molar-refractivity contribution in [2.24, 2.45) is 11.7 Å². The number of primary amides is 1. The van der Waals surface area contributed by atoms with Gasteiger partial charge in [-0.15, -0.1) is 0 Å². The number of carbonyl (C=O) groups is 2. The van der Waals surface area contributed by atoms with Crippen molar-refractivity contribution in [2.45, 2.75) is 30.2 Å². The smallest absolute Gasteiger partial charge is 0.339 e. The molecule has 1 fully saturated rings. The molecule has 1 aliphatic rings. The number of sulfonamides is 1. The molecule has 0 heterocycles. The van der Waals surface area contributed by atoms with Crippen LogP contribution in [-0.2, 0) is 14.8 Å². The number of nitrogens with one attached hydrogen (secondary N) is 1. The number of carbonyl (C=O) groups excluding carboxylic acids is 1. The zero-order valence-corrected chi connectivity index (χ0v) is 13.3. The van der Waals surface area contributed by atoms with Crippen LogP contribution in [0.5, 0.6) is 5.75 Å². The summed E-state index contributed by atoms with van der Waals surface area (Å²) in [5.74, 6) is -1.99. The predicted molar refractivity (Wildman–Crippen MR) is 80.6 cm³/mol. The third-order valence-electron chi connectivity index (χ3n) is 3.87. The minimum atomic E-state index is -3.89. The topological polar surface area (TPSA) is 136 Å². The van der Waals surface area contributed by atoms with Crippen molar-refractivity contribution < 1.29 is 27.9 Å². The van der Waals surface area contributed by atoms with E-state index in [1.54, 1.807) is 0 Å². The summed E-state index contributed by atoms with van der Waals surface area (Å²) in [6.07, 6.45) is 1.39. The van der Waals surface area contributed by atoms with Crippen molar-refractivity contribution >= 4 is 21.9 Å². The molecule has 126 valence electrons. The molecular weight excluding hydrogens is 324 g/mol. The first-order valence-corrected chi connectivity index (χ1v) is 8.46. The molecule has 4 N–H and O–H groups in total. The predicted octanol–water partition coefficient (Wildman–Crippen LogP) is 0.326. The van der Waals surface area contributed by atoms with Gasteiger partial charge in [0.2, 0.25) is 15.9 Å². The van der Waals surface area contributed by atoms with Crippen molar-refractivity contribution in [1.29, 1.82) is 0 Å². The fourth-order valence-corrected chi connectivity index (χ4v) is 3.96. The minimum absolute atomic E-state index is 0.0751. The Balaban J connectivity index is 2.22. The summed E-state index contributed by atoms with van der Waals surface area (Å²) >= 11 is 0. The summed E-state index contributed by atoms with van der Waals surface area (Å²) in [7, 11) is -2.59. The summed E-state index contributed by atoms with van der Waals surface area (Å²) in [5, 5.41) is 9.12. The molecule has 1 aliphatic carbocycles. The number of hydrogen-bond donors (Lipinski definition) is 3. The minimum Gasteiger partial charge on any atom is -0.496 e. The molecule has 2 rings (SSSR count). The first kappa shape index (κ1) is 17.2. The van der Waals surface area contributed by atoms with Gasteiger partial charge >= 0.3 is 5.97 Å². The second kappa shape index (κ2) is 6.55. The summed E-state index contributed by atoms with van der Waals surface area (Å²) in [6.45, 7) is 0. The molecule has 1 amide bonds. The second-order valence-electron chi connectivity index (χ2n) is 5.40. The van der Waals surface area contributed by atoms with Gasteiger partial charge in [0.05, 0.1) is 12.0 Å². The van der Waals surface area contributed by atoms with Gasteiger partial charge in [0.1, 0.15) is 11.3 Å². The number of methoxy groups -OCH3 is 1. The molecule has 0 unspecified atom stereocenters. The van der Waals surface area contributed by atoms with Gasteiger partial charge in [0.15, 0.2) is 0 Å². The fourth-order valence-electron chi connectivity index (χ4n) is 2.66. The normalized spacial score (nSPS) is 21.1. The van der Waals surface area contributed by atoms with E-state index in [2.05, 4.69) is 4.72 Å². The van der Waals surface area contributed by atoms with Crippen molar-refractivity contribution in [1.82, 2.24) is 4.72 Å². The maximum atomic E-state index is 12.4. The van der Waals surface area contributed by atoms with E-state index < -0.39 is 27.9 Å². The van der Waals surface area contributed by atoms with E-state index in [0.717, 1.165) is 6.07 Å². The van der Waals surface area contributed by atoms with Crippen molar-refractivity contribution in [2.75, 3.05) is 7.11 Å². The molecule has 0 saturated heterocycles. The lowest BCUT2D eigenvalue weighted by Crippen LogP contribution is -2.34. The average Bonchev–Trinajstić information content (AvgIpc) is 2.94. The standard InChI is InChI=1S/C14H18N2O6S/c1-22-12-5-4-10(7-11(12)14(18)19)23(20,21)16-9-3-2-8(6-9)13(15)17/h4-5,7-9,16H,2-3,6H2,1H3,(H2,15,17)(H,18,19)/t8-,9+/m0/s1. The number of ether oxygens (including phenoxy) is 1. The number of nitrogens with two attached hydrogens (primary N) is 1. The number of carboxylic acids is 1. The van der Waals surface area contributed by atoms with Gasteiger partial charge in [-0.2, -0.15) is 0 Å². The van der Waals surface area contributed by atoms with E-state index in [0.29, 0.717) is 19.3 Å². The van der Waals surface area contributed by atoms with Gasteiger partial charge in [-0.1, -0.05) is 0 Å². The van der Waals surface area contributed by atoms with Crippen LogP contribution in [0.4, 0.5) is 0 Å². The number of benzene rings is 1. The van der Waals surface area contributed by atoms with Crippen LogP contribution < -0.4 is 15.2 Å². The van der Waals surface area contributed by atoms with Crippen molar-refractivity contribution in [3.63, 3.8) is 0 Å². The molecular formula is C14H18N2O6S. The van der Waals surface area contributed by atoms with Crippen LogP contribution in [0.15, 0.2) is 23.1 Å². The lowest BCUT2D eigenvalue weighted by atomic mass is 10.1. The number of amides is 1. The second-order valence-corrected chi connectivity index (χ2v) is 7.11. The first-order valence-electron chi connectivity index (χ1n) is 6.97. The molecule has 8 nitrogen and oxygen atoms in total. The lowest BCUT2D eigenvalue weighted by molar-refractivity contribution is -0.121. The van der Waals surface area contributed by atoms with Crippen LogP contribution in [0.3, 0.4) is 0 Å². The van der Waals surface area contributed by atoms with E-state index >= 15 is 0 Å². The molecule has 23 heavy (non-hydrogen) atoms. The van der Waals surface area contributed by atoms with E-state index in [4.69, 9.17) is 15.6 Å². The Hall–Kier alpha value is -2.13. The largest absolute Gasteiger partial charge is 0.496 e. The molecule has 2 atom stereocenters. The van der Waals surface area contributed by atoms with Crippen LogP contribution in [-0.4, -0.2) is 38.6 Å². The Morgan fingerprint density at radius 1 is 1.35 bits per heavy atom. The quantitative estimate of drug-likeness (QED) is 0.681. The summed E-state index contributed by atoms with van der Waals surface area (Å²) in [6, 6.07) is 3.21. The Morgan fingerprint density at radius 2 is 2.04 bits per heavy atom. The molecule has 9 heteroatoms.